The third-order valence-electron chi connectivity index (χ3n) is 4.37. The lowest BCUT2D eigenvalue weighted by Crippen LogP contribution is -2.31. The van der Waals surface area contributed by atoms with Gasteiger partial charge in [-0.2, -0.15) is 10.1 Å². The number of carbonyl (C=O) groups excluding carboxylic acids is 1. The van der Waals surface area contributed by atoms with Crippen LogP contribution in [0.2, 0.25) is 5.02 Å². The van der Waals surface area contributed by atoms with E-state index >= 15 is 0 Å². The van der Waals surface area contributed by atoms with Crippen molar-refractivity contribution in [2.24, 2.45) is 0 Å². The van der Waals surface area contributed by atoms with Crippen molar-refractivity contribution in [1.82, 2.24) is 25.2 Å². The number of aryl methyl sites for hydroxylation is 1. The van der Waals surface area contributed by atoms with Crippen molar-refractivity contribution >= 4 is 17.5 Å². The van der Waals surface area contributed by atoms with Gasteiger partial charge in [-0.3, -0.25) is 4.79 Å². The van der Waals surface area contributed by atoms with Gasteiger partial charge in [-0.25, -0.2) is 4.68 Å². The lowest BCUT2D eigenvalue weighted by atomic mass is 10.2. The molecule has 3 aromatic rings. The van der Waals surface area contributed by atoms with E-state index in [-0.39, 0.29) is 12.0 Å². The van der Waals surface area contributed by atoms with Crippen LogP contribution in [0, 0.1) is 6.92 Å². The van der Waals surface area contributed by atoms with Crippen molar-refractivity contribution in [3.8, 4) is 17.1 Å². The van der Waals surface area contributed by atoms with Crippen molar-refractivity contribution in [2.75, 3.05) is 13.2 Å². The molecule has 1 aliphatic rings. The third kappa shape index (κ3) is 3.86. The molecule has 9 heteroatoms. The second-order valence-electron chi connectivity index (χ2n) is 6.32. The fraction of sp³-hybridized carbons (Fsp3) is 0.333. The van der Waals surface area contributed by atoms with Crippen LogP contribution in [0.4, 0.5) is 0 Å². The molecule has 140 valence electrons. The van der Waals surface area contributed by atoms with Gasteiger partial charge in [0.05, 0.1) is 23.0 Å². The zero-order valence-corrected chi connectivity index (χ0v) is 15.4. The zero-order valence-electron chi connectivity index (χ0n) is 14.7. The van der Waals surface area contributed by atoms with Gasteiger partial charge in [-0.1, -0.05) is 16.8 Å². The highest BCUT2D eigenvalue weighted by atomic mass is 35.5. The highest BCUT2D eigenvalue weighted by Crippen LogP contribution is 2.22. The maximum Gasteiger partial charge on any atom is 0.316 e. The van der Waals surface area contributed by atoms with Gasteiger partial charge in [-0.15, -0.1) is 0 Å². The Bertz CT molecular complexity index is 944. The number of hydrogen-bond acceptors (Lipinski definition) is 6. The molecule has 0 aliphatic carbocycles. The fourth-order valence-electron chi connectivity index (χ4n) is 2.92. The summed E-state index contributed by atoms with van der Waals surface area (Å²) in [7, 11) is 0. The van der Waals surface area contributed by atoms with Crippen LogP contribution in [0.15, 0.2) is 35.0 Å². The monoisotopic (exact) mass is 387 g/mol. The first-order chi connectivity index (χ1) is 13.1. The van der Waals surface area contributed by atoms with Crippen molar-refractivity contribution in [3.63, 3.8) is 0 Å². The van der Waals surface area contributed by atoms with Gasteiger partial charge in [0.15, 0.2) is 0 Å². The molecule has 27 heavy (non-hydrogen) atoms. The van der Waals surface area contributed by atoms with Crippen LogP contribution in [-0.4, -0.2) is 45.1 Å². The third-order valence-corrected chi connectivity index (χ3v) is 4.62. The molecule has 2 aromatic heterocycles. The number of aromatic nitrogens is 4. The van der Waals surface area contributed by atoms with Crippen LogP contribution in [0.5, 0.6) is 0 Å². The van der Waals surface area contributed by atoms with Crippen molar-refractivity contribution in [3.05, 3.63) is 47.1 Å². The van der Waals surface area contributed by atoms with E-state index in [0.717, 1.165) is 30.8 Å². The van der Waals surface area contributed by atoms with Crippen LogP contribution >= 0.6 is 11.6 Å². The van der Waals surface area contributed by atoms with Gasteiger partial charge >= 0.3 is 11.8 Å². The predicted molar refractivity (Wildman–Crippen MR) is 97.9 cm³/mol. The molecule has 1 saturated heterocycles. The average Bonchev–Trinajstić information content (AvgIpc) is 3.41. The van der Waals surface area contributed by atoms with Gasteiger partial charge < -0.3 is 14.6 Å². The summed E-state index contributed by atoms with van der Waals surface area (Å²) < 4.78 is 12.3. The molecular formula is C18H18ClN5O3. The summed E-state index contributed by atoms with van der Waals surface area (Å²) in [5.41, 5.74) is 2.26. The summed E-state index contributed by atoms with van der Waals surface area (Å²) in [4.78, 5) is 16.4. The smallest absolute Gasteiger partial charge is 0.316 e. The molecule has 0 saturated carbocycles. The number of carbonyl (C=O) groups is 1. The van der Waals surface area contributed by atoms with Crippen LogP contribution in [0.1, 0.15) is 29.2 Å². The normalized spacial score (nSPS) is 16.6. The second kappa shape index (κ2) is 7.50. The number of nitrogens with one attached hydrogen (secondary N) is 1. The Labute approximate surface area is 160 Å². The first-order valence-corrected chi connectivity index (χ1v) is 9.04. The van der Waals surface area contributed by atoms with Crippen LogP contribution in [0.25, 0.3) is 17.1 Å². The van der Waals surface area contributed by atoms with Crippen LogP contribution < -0.4 is 5.32 Å². The van der Waals surface area contributed by atoms with E-state index in [4.69, 9.17) is 20.9 Å². The Hall–Kier alpha value is -2.71. The van der Waals surface area contributed by atoms with Gasteiger partial charge in [0.2, 0.25) is 5.82 Å². The van der Waals surface area contributed by atoms with E-state index < -0.39 is 5.91 Å². The first kappa shape index (κ1) is 17.7. The van der Waals surface area contributed by atoms with Crippen molar-refractivity contribution in [1.29, 1.82) is 0 Å². The molecule has 1 N–H and O–H groups in total. The van der Waals surface area contributed by atoms with E-state index in [9.17, 15) is 4.79 Å². The Kier molecular flexibility index (Phi) is 4.91. The molecule has 0 radical (unpaired) electrons. The van der Waals surface area contributed by atoms with E-state index in [1.807, 2.05) is 19.1 Å². The SMILES string of the molecule is Cc1nn(-c2ccc(Cl)cc2)cc1-c1noc(C(=O)NC[C@@H]2CCCO2)n1. The van der Waals surface area contributed by atoms with E-state index in [1.54, 1.807) is 23.0 Å². The molecule has 0 bridgehead atoms. The molecule has 4 rings (SSSR count). The zero-order chi connectivity index (χ0) is 18.8. The van der Waals surface area contributed by atoms with Crippen molar-refractivity contribution in [2.45, 2.75) is 25.9 Å². The molecule has 0 spiro atoms. The molecular weight excluding hydrogens is 370 g/mol. The van der Waals surface area contributed by atoms with Crippen LogP contribution in [-0.2, 0) is 4.74 Å². The minimum Gasteiger partial charge on any atom is -0.376 e. The predicted octanol–water partition coefficient (Wildman–Crippen LogP) is 2.79. The quantitative estimate of drug-likeness (QED) is 0.723. The summed E-state index contributed by atoms with van der Waals surface area (Å²) in [5.74, 6) is -0.177. The van der Waals surface area contributed by atoms with Gasteiger partial charge in [-0.05, 0) is 44.0 Å². The second-order valence-corrected chi connectivity index (χ2v) is 6.75. The molecule has 1 atom stereocenters. The van der Waals surface area contributed by atoms with Crippen molar-refractivity contribution < 1.29 is 14.1 Å². The number of hydrogen-bond donors (Lipinski definition) is 1. The molecule has 3 heterocycles. The first-order valence-electron chi connectivity index (χ1n) is 8.66. The standard InChI is InChI=1S/C18H18ClN5O3/c1-11-15(10-24(22-11)13-6-4-12(19)5-7-13)16-21-18(27-23-16)17(25)20-9-14-3-2-8-26-14/h4-7,10,14H,2-3,8-9H2,1H3,(H,20,25)/t14-/m0/s1. The lowest BCUT2D eigenvalue weighted by molar-refractivity contribution is 0.0822. The summed E-state index contributed by atoms with van der Waals surface area (Å²) in [6.45, 7) is 3.02. The number of halogens is 1. The summed E-state index contributed by atoms with van der Waals surface area (Å²) >= 11 is 5.92. The number of nitrogens with zero attached hydrogens (tertiary/aromatic N) is 4. The Balaban J connectivity index is 1.49. The number of amides is 1. The van der Waals surface area contributed by atoms with Gasteiger partial charge in [0.25, 0.3) is 0 Å². The Morgan fingerprint density at radius 3 is 2.93 bits per heavy atom. The van der Waals surface area contributed by atoms with E-state index in [2.05, 4.69) is 20.6 Å². The summed E-state index contributed by atoms with van der Waals surface area (Å²) in [6.07, 6.45) is 3.80. The molecule has 1 fully saturated rings. The minimum absolute atomic E-state index is 0.0520. The summed E-state index contributed by atoms with van der Waals surface area (Å²) in [6, 6.07) is 7.30. The van der Waals surface area contributed by atoms with E-state index in [1.165, 1.54) is 0 Å². The van der Waals surface area contributed by atoms with E-state index in [0.29, 0.717) is 23.0 Å². The lowest BCUT2D eigenvalue weighted by Gasteiger charge is -2.08. The van der Waals surface area contributed by atoms with Crippen LogP contribution in [0.3, 0.4) is 0 Å². The molecule has 1 amide bonds. The summed E-state index contributed by atoms with van der Waals surface area (Å²) in [5, 5.41) is 11.8. The largest absolute Gasteiger partial charge is 0.376 e. The number of rotatable bonds is 5. The Morgan fingerprint density at radius 2 is 2.19 bits per heavy atom. The number of benzene rings is 1. The fourth-order valence-corrected chi connectivity index (χ4v) is 3.04. The van der Waals surface area contributed by atoms with Gasteiger partial charge in [0.1, 0.15) is 0 Å². The highest BCUT2D eigenvalue weighted by Gasteiger charge is 2.21. The molecule has 0 unspecified atom stereocenters. The maximum absolute atomic E-state index is 12.2. The number of ether oxygens (including phenoxy) is 1. The minimum atomic E-state index is -0.410. The highest BCUT2D eigenvalue weighted by molar-refractivity contribution is 6.30. The average molecular weight is 388 g/mol. The molecule has 1 aliphatic heterocycles. The maximum atomic E-state index is 12.2. The molecule has 8 nitrogen and oxygen atoms in total. The topological polar surface area (TPSA) is 95.1 Å². The van der Waals surface area contributed by atoms with Gasteiger partial charge in [0, 0.05) is 24.4 Å². The molecule has 1 aromatic carbocycles. The Morgan fingerprint density at radius 1 is 1.37 bits per heavy atom.